The molecule has 0 N–H and O–H groups in total. The number of ether oxygens (including phenoxy) is 2. The first kappa shape index (κ1) is 31.4. The standard InChI is InChI=1S/C35H39FN4O6/c1-34(2,3)45-31(42)23-7-12-28(13-8-23)39(19-22-5-10-27(36)11-6-22)30(41)21-40-32(43)35(46-33(40)44)16-15-25-17-24(9-14-29(25)35)26-18-37-38(4)20-26/h5-6,9-11,14,17-18,20,23,28H,7-8,12-13,15-16,19,21H2,1-4H3/t23?,28?,35-/m1/s1. The van der Waals surface area contributed by atoms with Gasteiger partial charge in [0.05, 0.1) is 12.1 Å². The van der Waals surface area contributed by atoms with Gasteiger partial charge < -0.3 is 14.4 Å². The van der Waals surface area contributed by atoms with Crippen molar-refractivity contribution in [1.82, 2.24) is 19.6 Å². The molecule has 1 saturated carbocycles. The lowest BCUT2D eigenvalue weighted by Crippen LogP contribution is -2.49. The van der Waals surface area contributed by atoms with Gasteiger partial charge in [-0.2, -0.15) is 5.10 Å². The number of aryl methyl sites for hydroxylation is 2. The normalized spacial score (nSPS) is 22.6. The van der Waals surface area contributed by atoms with Gasteiger partial charge in [-0.05, 0) is 81.7 Å². The Morgan fingerprint density at radius 2 is 1.78 bits per heavy atom. The first-order chi connectivity index (χ1) is 21.8. The number of nitrogens with zero attached hydrogens (tertiary/aromatic N) is 4. The largest absolute Gasteiger partial charge is 0.460 e. The van der Waals surface area contributed by atoms with E-state index in [9.17, 15) is 23.6 Å². The van der Waals surface area contributed by atoms with Gasteiger partial charge in [0.25, 0.3) is 5.91 Å². The van der Waals surface area contributed by atoms with Crippen molar-refractivity contribution < 1.29 is 33.0 Å². The molecule has 46 heavy (non-hydrogen) atoms. The number of hydrogen-bond donors (Lipinski definition) is 0. The summed E-state index contributed by atoms with van der Waals surface area (Å²) in [5, 5.41) is 4.23. The van der Waals surface area contributed by atoms with Crippen LogP contribution < -0.4 is 0 Å². The number of aromatic nitrogens is 2. The summed E-state index contributed by atoms with van der Waals surface area (Å²) in [5.41, 5.74) is 2.10. The van der Waals surface area contributed by atoms with E-state index >= 15 is 0 Å². The Balaban J connectivity index is 1.19. The molecule has 1 saturated heterocycles. The number of esters is 1. The highest BCUT2D eigenvalue weighted by molar-refractivity contribution is 6.06. The topological polar surface area (TPSA) is 111 Å². The summed E-state index contributed by atoms with van der Waals surface area (Å²) in [6, 6.07) is 11.4. The van der Waals surface area contributed by atoms with Crippen LogP contribution in [-0.2, 0) is 49.5 Å². The van der Waals surface area contributed by atoms with Crippen molar-refractivity contribution in [2.24, 2.45) is 13.0 Å². The summed E-state index contributed by atoms with van der Waals surface area (Å²) < 4.78 is 26.8. The van der Waals surface area contributed by atoms with Crippen LogP contribution in [-0.4, -0.2) is 61.6 Å². The molecule has 3 aliphatic rings. The second kappa shape index (κ2) is 12.0. The van der Waals surface area contributed by atoms with Crippen LogP contribution in [0.3, 0.4) is 0 Å². The number of imide groups is 1. The van der Waals surface area contributed by atoms with Crippen LogP contribution in [0, 0.1) is 11.7 Å². The third-order valence-corrected chi connectivity index (χ3v) is 9.15. The van der Waals surface area contributed by atoms with E-state index in [1.165, 1.54) is 12.1 Å². The van der Waals surface area contributed by atoms with Crippen LogP contribution in [0.2, 0.25) is 0 Å². The smallest absolute Gasteiger partial charge is 0.418 e. The average molecular weight is 631 g/mol. The first-order valence-electron chi connectivity index (χ1n) is 15.8. The van der Waals surface area contributed by atoms with Crippen LogP contribution in [0.4, 0.5) is 9.18 Å². The fourth-order valence-electron chi connectivity index (χ4n) is 6.84. The second-order valence-corrected chi connectivity index (χ2v) is 13.5. The predicted molar refractivity (Wildman–Crippen MR) is 165 cm³/mol. The lowest BCUT2D eigenvalue weighted by molar-refractivity contribution is -0.161. The van der Waals surface area contributed by atoms with Gasteiger partial charge in [-0.15, -0.1) is 0 Å². The Bertz CT molecular complexity index is 1670. The van der Waals surface area contributed by atoms with Crippen LogP contribution in [0.25, 0.3) is 11.1 Å². The molecule has 6 rings (SSSR count). The molecule has 3 amide bonds. The molecule has 1 atom stereocenters. The van der Waals surface area contributed by atoms with E-state index in [2.05, 4.69) is 5.10 Å². The zero-order chi connectivity index (χ0) is 32.8. The van der Waals surface area contributed by atoms with E-state index in [-0.39, 0.29) is 30.3 Å². The molecule has 3 aromatic rings. The molecule has 0 unspecified atom stereocenters. The minimum Gasteiger partial charge on any atom is -0.460 e. The number of amides is 3. The van der Waals surface area contributed by atoms with Crippen molar-refractivity contribution in [1.29, 1.82) is 0 Å². The summed E-state index contributed by atoms with van der Waals surface area (Å²) in [4.78, 5) is 56.4. The number of benzene rings is 2. The molecule has 1 spiro atoms. The van der Waals surface area contributed by atoms with Gasteiger partial charge in [0.15, 0.2) is 0 Å². The van der Waals surface area contributed by atoms with Crippen molar-refractivity contribution in [3.63, 3.8) is 0 Å². The average Bonchev–Trinajstić information content (AvgIpc) is 3.68. The van der Waals surface area contributed by atoms with Crippen molar-refractivity contribution >= 4 is 23.9 Å². The zero-order valence-electron chi connectivity index (χ0n) is 26.6. The van der Waals surface area contributed by atoms with E-state index in [0.29, 0.717) is 49.7 Å². The summed E-state index contributed by atoms with van der Waals surface area (Å²) >= 11 is 0. The van der Waals surface area contributed by atoms with Crippen LogP contribution in [0.1, 0.15) is 69.6 Å². The first-order valence-corrected chi connectivity index (χ1v) is 15.8. The Morgan fingerprint density at radius 3 is 2.43 bits per heavy atom. The molecular formula is C35H39FN4O6. The van der Waals surface area contributed by atoms with E-state index in [1.807, 2.05) is 52.2 Å². The monoisotopic (exact) mass is 630 g/mol. The SMILES string of the molecule is Cn1cc(-c2ccc3c(c2)CC[C@@]32OC(=O)N(CC(=O)N(Cc3ccc(F)cc3)C3CCC(C(=O)OC(C)(C)C)CC3)C2=O)cn1. The third-order valence-electron chi connectivity index (χ3n) is 9.15. The lowest BCUT2D eigenvalue weighted by atomic mass is 9.85. The third kappa shape index (κ3) is 6.15. The summed E-state index contributed by atoms with van der Waals surface area (Å²) in [6.45, 7) is 5.19. The molecule has 1 aromatic heterocycles. The maximum absolute atomic E-state index is 14.0. The van der Waals surface area contributed by atoms with Crippen LogP contribution >= 0.6 is 0 Å². The van der Waals surface area contributed by atoms with Crippen molar-refractivity contribution in [2.75, 3.05) is 6.54 Å². The number of carbonyl (C=O) groups excluding carboxylic acids is 4. The second-order valence-electron chi connectivity index (χ2n) is 13.5. The van der Waals surface area contributed by atoms with E-state index in [1.54, 1.807) is 27.9 Å². The van der Waals surface area contributed by atoms with Crippen molar-refractivity contribution in [2.45, 2.75) is 83.1 Å². The van der Waals surface area contributed by atoms with Gasteiger partial charge in [0.2, 0.25) is 11.5 Å². The molecule has 0 bridgehead atoms. The number of carbonyl (C=O) groups is 4. The molecule has 0 radical (unpaired) electrons. The van der Waals surface area contributed by atoms with Gasteiger partial charge in [-0.25, -0.2) is 14.1 Å². The molecule has 2 heterocycles. The highest BCUT2D eigenvalue weighted by Gasteiger charge is 2.58. The highest BCUT2D eigenvalue weighted by Crippen LogP contribution is 2.46. The Kier molecular flexibility index (Phi) is 8.20. The molecule has 2 fully saturated rings. The quantitative estimate of drug-likeness (QED) is 0.327. The van der Waals surface area contributed by atoms with E-state index in [0.717, 1.165) is 21.6 Å². The van der Waals surface area contributed by atoms with E-state index < -0.39 is 35.7 Å². The minimum absolute atomic E-state index is 0.170. The van der Waals surface area contributed by atoms with Gasteiger partial charge >= 0.3 is 12.1 Å². The summed E-state index contributed by atoms with van der Waals surface area (Å²) in [6.07, 6.45) is 5.83. The highest BCUT2D eigenvalue weighted by atomic mass is 19.1. The fourth-order valence-corrected chi connectivity index (χ4v) is 6.84. The molecule has 11 heteroatoms. The van der Waals surface area contributed by atoms with E-state index in [4.69, 9.17) is 9.47 Å². The Hall–Kier alpha value is -4.54. The Labute approximate surface area is 267 Å². The van der Waals surface area contributed by atoms with Gasteiger partial charge in [-0.1, -0.05) is 30.3 Å². The van der Waals surface area contributed by atoms with Crippen LogP contribution in [0.5, 0.6) is 0 Å². The van der Waals surface area contributed by atoms with Gasteiger partial charge in [-0.3, -0.25) is 19.1 Å². The maximum Gasteiger partial charge on any atom is 0.418 e. The minimum atomic E-state index is -1.46. The molecule has 10 nitrogen and oxygen atoms in total. The van der Waals surface area contributed by atoms with Crippen molar-refractivity contribution in [3.8, 4) is 11.1 Å². The number of rotatable bonds is 7. The summed E-state index contributed by atoms with van der Waals surface area (Å²) in [5.74, 6) is -1.87. The number of hydrogen-bond acceptors (Lipinski definition) is 7. The number of halogens is 1. The summed E-state index contributed by atoms with van der Waals surface area (Å²) in [7, 11) is 1.84. The van der Waals surface area contributed by atoms with Gasteiger partial charge in [0.1, 0.15) is 18.0 Å². The molecule has 1 aliphatic heterocycles. The van der Waals surface area contributed by atoms with Crippen molar-refractivity contribution in [3.05, 3.63) is 77.4 Å². The molecular weight excluding hydrogens is 591 g/mol. The lowest BCUT2D eigenvalue weighted by Gasteiger charge is -2.37. The maximum atomic E-state index is 14.0. The number of fused-ring (bicyclic) bond motifs is 2. The molecule has 2 aromatic carbocycles. The van der Waals surface area contributed by atoms with Gasteiger partial charge in [0, 0.05) is 43.4 Å². The fraction of sp³-hybridized carbons (Fsp3) is 0.457. The molecule has 2 aliphatic carbocycles. The zero-order valence-corrected chi connectivity index (χ0v) is 26.6. The predicted octanol–water partition coefficient (Wildman–Crippen LogP) is 5.28. The Morgan fingerprint density at radius 1 is 1.07 bits per heavy atom. The molecule has 242 valence electrons. The van der Waals surface area contributed by atoms with Crippen LogP contribution in [0.15, 0.2) is 54.9 Å².